The summed E-state index contributed by atoms with van der Waals surface area (Å²) in [4.78, 5) is 8.50. The Labute approximate surface area is 172 Å². The van der Waals surface area contributed by atoms with Gasteiger partial charge in [0.1, 0.15) is 23.7 Å². The number of methoxy groups -OCH3 is 1. The highest BCUT2D eigenvalue weighted by Crippen LogP contribution is 2.39. The van der Waals surface area contributed by atoms with Gasteiger partial charge in [0.2, 0.25) is 5.95 Å². The van der Waals surface area contributed by atoms with Crippen LogP contribution in [0.1, 0.15) is 0 Å². The van der Waals surface area contributed by atoms with Gasteiger partial charge in [-0.2, -0.15) is 4.98 Å². The van der Waals surface area contributed by atoms with Crippen molar-refractivity contribution < 1.29 is 13.7 Å². The Morgan fingerprint density at radius 2 is 1.90 bits per heavy atom. The van der Waals surface area contributed by atoms with Crippen molar-refractivity contribution in [2.24, 2.45) is 0 Å². The molecular weight excluding hydrogens is 416 g/mol. The Kier molecular flexibility index (Phi) is 5.96. The molecule has 1 aromatic heterocycles. The van der Waals surface area contributed by atoms with Crippen LogP contribution in [0.4, 0.5) is 33.2 Å². The molecule has 29 heavy (non-hydrogen) atoms. The fourth-order valence-corrected chi connectivity index (χ4v) is 3.94. The topological polar surface area (TPSA) is 102 Å². The van der Waals surface area contributed by atoms with Crippen molar-refractivity contribution >= 4 is 52.9 Å². The lowest BCUT2D eigenvalue weighted by Crippen LogP contribution is -2.11. The first-order valence-electron chi connectivity index (χ1n) is 8.53. The minimum absolute atomic E-state index is 0.0452. The summed E-state index contributed by atoms with van der Waals surface area (Å²) in [5.74, 6) is 0.161. The van der Waals surface area contributed by atoms with Crippen LogP contribution in [-0.2, 0) is 4.57 Å². The van der Waals surface area contributed by atoms with Crippen LogP contribution in [-0.4, -0.2) is 30.4 Å². The van der Waals surface area contributed by atoms with Gasteiger partial charge in [-0.05, 0) is 31.5 Å². The van der Waals surface area contributed by atoms with Crippen molar-refractivity contribution in [1.82, 2.24) is 9.97 Å². The zero-order valence-corrected chi connectivity index (χ0v) is 17.7. The second-order valence-corrected chi connectivity index (χ2v) is 10.2. The number of nitrogens with zero attached hydrogens (tertiary/aromatic N) is 2. The van der Waals surface area contributed by atoms with Crippen molar-refractivity contribution in [1.29, 1.82) is 0 Å². The fourth-order valence-electron chi connectivity index (χ4n) is 2.65. The Morgan fingerprint density at radius 3 is 2.59 bits per heavy atom. The number of hydrogen-bond acceptors (Lipinski definition) is 7. The Morgan fingerprint density at radius 1 is 1.17 bits per heavy atom. The van der Waals surface area contributed by atoms with Crippen LogP contribution in [0.3, 0.4) is 0 Å². The third-order valence-corrected chi connectivity index (χ3v) is 5.87. The third-order valence-electron chi connectivity index (χ3n) is 4.05. The van der Waals surface area contributed by atoms with Crippen LogP contribution in [0.2, 0.25) is 5.02 Å². The summed E-state index contributed by atoms with van der Waals surface area (Å²) >= 11 is 6.24. The van der Waals surface area contributed by atoms with E-state index in [0.717, 1.165) is 0 Å². The molecule has 4 N–H and O–H groups in total. The number of para-hydroxylation sites is 1. The standard InChI is InChI=1S/C19H20ClFN5O2P/c1-28-16-8-12(21)13(22)9-15(16)25-19-23-10-11(20)18(26-19)24-14-6-4-5-7-17(14)29(2,3)27/h4-10H,22H2,1-3H3,(H2,23,24,25,26). The first-order chi connectivity index (χ1) is 13.7. The van der Waals surface area contributed by atoms with Gasteiger partial charge in [0.25, 0.3) is 0 Å². The summed E-state index contributed by atoms with van der Waals surface area (Å²) in [5, 5.41) is 7.01. The van der Waals surface area contributed by atoms with E-state index in [1.54, 1.807) is 25.5 Å². The Hall–Kier alpha value is -2.83. The molecule has 0 bridgehead atoms. The van der Waals surface area contributed by atoms with Crippen LogP contribution < -0.4 is 26.4 Å². The van der Waals surface area contributed by atoms with Gasteiger partial charge in [0.05, 0.1) is 30.4 Å². The molecule has 2 aromatic carbocycles. The molecular formula is C19H20ClFN5O2P. The van der Waals surface area contributed by atoms with Gasteiger partial charge in [-0.3, -0.25) is 0 Å². The van der Waals surface area contributed by atoms with E-state index in [4.69, 9.17) is 22.1 Å². The molecule has 3 rings (SSSR count). The van der Waals surface area contributed by atoms with E-state index in [-0.39, 0.29) is 22.4 Å². The smallest absolute Gasteiger partial charge is 0.229 e. The van der Waals surface area contributed by atoms with Crippen molar-refractivity contribution in [3.63, 3.8) is 0 Å². The predicted molar refractivity (Wildman–Crippen MR) is 117 cm³/mol. The van der Waals surface area contributed by atoms with Crippen LogP contribution in [0.5, 0.6) is 5.75 Å². The predicted octanol–water partition coefficient (Wildman–Crippen LogP) is 4.60. The van der Waals surface area contributed by atoms with Crippen molar-refractivity contribution in [3.05, 3.63) is 53.4 Å². The van der Waals surface area contributed by atoms with Gasteiger partial charge < -0.3 is 25.7 Å². The van der Waals surface area contributed by atoms with E-state index in [0.29, 0.717) is 22.5 Å². The van der Waals surface area contributed by atoms with E-state index < -0.39 is 13.0 Å². The summed E-state index contributed by atoms with van der Waals surface area (Å²) in [7, 11) is -1.11. The molecule has 152 valence electrons. The second kappa shape index (κ2) is 8.27. The zero-order chi connectivity index (χ0) is 21.2. The molecule has 0 saturated heterocycles. The number of nitrogen functional groups attached to an aromatic ring is 1. The number of halogens is 2. The lowest BCUT2D eigenvalue weighted by molar-refractivity contribution is 0.413. The Balaban J connectivity index is 1.95. The second-order valence-electron chi connectivity index (χ2n) is 6.58. The Bertz CT molecular complexity index is 1110. The highest BCUT2D eigenvalue weighted by molar-refractivity contribution is 7.70. The average molecular weight is 436 g/mol. The van der Waals surface area contributed by atoms with E-state index >= 15 is 0 Å². The monoisotopic (exact) mass is 435 g/mol. The van der Waals surface area contributed by atoms with Gasteiger partial charge in [0, 0.05) is 11.4 Å². The third kappa shape index (κ3) is 4.78. The minimum Gasteiger partial charge on any atom is -0.494 e. The number of hydrogen-bond donors (Lipinski definition) is 3. The van der Waals surface area contributed by atoms with Gasteiger partial charge in [0.15, 0.2) is 5.82 Å². The molecule has 1 heterocycles. The van der Waals surface area contributed by atoms with Gasteiger partial charge in [-0.15, -0.1) is 0 Å². The van der Waals surface area contributed by atoms with Crippen LogP contribution in [0, 0.1) is 5.82 Å². The number of rotatable bonds is 6. The first-order valence-corrected chi connectivity index (χ1v) is 11.5. The number of anilines is 5. The molecule has 0 aliphatic heterocycles. The molecule has 3 aromatic rings. The molecule has 0 unspecified atom stereocenters. The van der Waals surface area contributed by atoms with Gasteiger partial charge in [-0.25, -0.2) is 9.37 Å². The number of ether oxygens (including phenoxy) is 1. The molecule has 0 amide bonds. The maximum Gasteiger partial charge on any atom is 0.229 e. The highest BCUT2D eigenvalue weighted by Gasteiger charge is 2.17. The molecule has 0 aliphatic rings. The van der Waals surface area contributed by atoms with Crippen molar-refractivity contribution in [2.75, 3.05) is 36.8 Å². The summed E-state index contributed by atoms with van der Waals surface area (Å²) in [6.45, 7) is 3.38. The first kappa shape index (κ1) is 20.9. The van der Waals surface area contributed by atoms with Crippen LogP contribution in [0.15, 0.2) is 42.6 Å². The summed E-state index contributed by atoms with van der Waals surface area (Å²) < 4.78 is 31.4. The summed E-state index contributed by atoms with van der Waals surface area (Å²) in [6.07, 6.45) is 1.42. The van der Waals surface area contributed by atoms with E-state index in [1.165, 1.54) is 25.4 Å². The van der Waals surface area contributed by atoms with E-state index in [9.17, 15) is 8.96 Å². The largest absolute Gasteiger partial charge is 0.494 e. The SMILES string of the molecule is COc1cc(F)c(N)cc1Nc1ncc(Cl)c(Nc2ccccc2P(C)(C)=O)n1. The molecule has 0 radical (unpaired) electrons. The molecule has 0 spiro atoms. The molecule has 0 aliphatic carbocycles. The molecule has 0 saturated carbocycles. The lowest BCUT2D eigenvalue weighted by Gasteiger charge is -2.16. The highest BCUT2D eigenvalue weighted by atomic mass is 35.5. The minimum atomic E-state index is -2.53. The van der Waals surface area contributed by atoms with Crippen molar-refractivity contribution in [3.8, 4) is 5.75 Å². The van der Waals surface area contributed by atoms with E-state index in [1.807, 2.05) is 12.1 Å². The lowest BCUT2D eigenvalue weighted by atomic mass is 10.2. The summed E-state index contributed by atoms with van der Waals surface area (Å²) in [6, 6.07) is 9.79. The quantitative estimate of drug-likeness (QED) is 0.384. The fraction of sp³-hybridized carbons (Fsp3) is 0.158. The maximum atomic E-state index is 13.7. The van der Waals surface area contributed by atoms with Gasteiger partial charge in [-0.1, -0.05) is 23.7 Å². The van der Waals surface area contributed by atoms with Crippen molar-refractivity contribution in [2.45, 2.75) is 0 Å². The normalized spacial score (nSPS) is 11.2. The zero-order valence-electron chi connectivity index (χ0n) is 16.0. The van der Waals surface area contributed by atoms with Crippen LogP contribution >= 0.6 is 18.7 Å². The van der Waals surface area contributed by atoms with Crippen LogP contribution in [0.25, 0.3) is 0 Å². The summed E-state index contributed by atoms with van der Waals surface area (Å²) in [5.41, 5.74) is 6.63. The molecule has 7 nitrogen and oxygen atoms in total. The number of nitrogens with one attached hydrogen (secondary N) is 2. The number of benzene rings is 2. The molecule has 10 heteroatoms. The molecule has 0 fully saturated rings. The number of aromatic nitrogens is 2. The van der Waals surface area contributed by atoms with Gasteiger partial charge >= 0.3 is 0 Å². The maximum absolute atomic E-state index is 13.7. The average Bonchev–Trinajstić information content (AvgIpc) is 2.66. The van der Waals surface area contributed by atoms with E-state index in [2.05, 4.69) is 20.6 Å². The number of nitrogens with two attached hydrogens (primary N) is 1. The molecule has 0 atom stereocenters.